The number of nitrogens with one attached hydrogen (secondary N) is 1. The van der Waals surface area contributed by atoms with E-state index in [1.165, 1.54) is 23.3 Å². The average molecular weight is 535 g/mol. The van der Waals surface area contributed by atoms with Crippen LogP contribution >= 0.6 is 0 Å². The minimum Gasteiger partial charge on any atom is -0.370 e. The van der Waals surface area contributed by atoms with Crippen LogP contribution in [-0.2, 0) is 27.8 Å². The van der Waals surface area contributed by atoms with Gasteiger partial charge in [0.25, 0.3) is 5.91 Å². The number of nitrogens with two attached hydrogens (primary N) is 2. The second-order valence-corrected chi connectivity index (χ2v) is 10.8. The lowest BCUT2D eigenvalue weighted by Gasteiger charge is -2.42. The topological polar surface area (TPSA) is 134 Å². The van der Waals surface area contributed by atoms with Crippen LogP contribution in [0.25, 0.3) is 0 Å². The van der Waals surface area contributed by atoms with Crippen LogP contribution in [0.4, 0.5) is 9.18 Å². The number of urea groups is 1. The van der Waals surface area contributed by atoms with Gasteiger partial charge < -0.3 is 21.7 Å². The molecule has 2 aromatic rings. The molecule has 0 saturated carbocycles. The number of imide groups is 1. The lowest BCUT2D eigenvalue weighted by Crippen LogP contribution is -2.55. The van der Waals surface area contributed by atoms with Crippen LogP contribution in [0.2, 0.25) is 0 Å². The van der Waals surface area contributed by atoms with Gasteiger partial charge in [-0.2, -0.15) is 0 Å². The highest BCUT2D eigenvalue weighted by molar-refractivity contribution is 6.07. The minimum atomic E-state index is -1.02. The molecule has 1 aliphatic carbocycles. The summed E-state index contributed by atoms with van der Waals surface area (Å²) in [5.41, 5.74) is 14.2. The zero-order valence-electron chi connectivity index (χ0n) is 21.9. The lowest BCUT2D eigenvalue weighted by molar-refractivity contribution is -0.143. The van der Waals surface area contributed by atoms with Gasteiger partial charge in [0, 0.05) is 26.1 Å². The number of hydrogen-bond acceptors (Lipinski definition) is 4. The van der Waals surface area contributed by atoms with Crippen molar-refractivity contribution in [1.82, 2.24) is 15.1 Å². The van der Waals surface area contributed by atoms with Gasteiger partial charge in [0.15, 0.2) is 5.96 Å². The van der Waals surface area contributed by atoms with Crippen molar-refractivity contribution in [3.05, 3.63) is 71.0 Å². The van der Waals surface area contributed by atoms with E-state index in [1.54, 1.807) is 17.0 Å². The number of carbonyl (C=O) groups is 3. The SMILES string of the molecule is NC(N)=NCCC[C@H]1NC(=O)N([C@H](Cc2ccc(F)cc2)C(=O)N2CCC3(CCc4ccccc43)CC2)C1=O. The summed E-state index contributed by atoms with van der Waals surface area (Å²) in [7, 11) is 0. The summed E-state index contributed by atoms with van der Waals surface area (Å²) < 4.78 is 13.6. The van der Waals surface area contributed by atoms with Crippen molar-refractivity contribution in [3.8, 4) is 0 Å². The predicted octanol–water partition coefficient (Wildman–Crippen LogP) is 2.22. The largest absolute Gasteiger partial charge is 0.370 e. The predicted molar refractivity (Wildman–Crippen MR) is 145 cm³/mol. The van der Waals surface area contributed by atoms with Gasteiger partial charge in [0.05, 0.1) is 0 Å². The summed E-state index contributed by atoms with van der Waals surface area (Å²) in [6.07, 6.45) is 4.75. The second kappa shape index (κ2) is 11.0. The highest BCUT2D eigenvalue weighted by Crippen LogP contribution is 2.46. The summed E-state index contributed by atoms with van der Waals surface area (Å²) >= 11 is 0. The number of carbonyl (C=O) groups excluding carboxylic acids is 3. The van der Waals surface area contributed by atoms with E-state index < -0.39 is 29.8 Å². The monoisotopic (exact) mass is 534 g/mol. The van der Waals surface area contributed by atoms with Crippen molar-refractivity contribution in [2.75, 3.05) is 19.6 Å². The molecule has 2 aliphatic heterocycles. The molecule has 5 rings (SSSR count). The van der Waals surface area contributed by atoms with Gasteiger partial charge >= 0.3 is 6.03 Å². The third-order valence-electron chi connectivity index (χ3n) is 8.43. The fourth-order valence-corrected chi connectivity index (χ4v) is 6.32. The van der Waals surface area contributed by atoms with E-state index in [2.05, 4.69) is 34.6 Å². The number of nitrogens with zero attached hydrogens (tertiary/aromatic N) is 3. The molecule has 10 heteroatoms. The number of benzene rings is 2. The van der Waals surface area contributed by atoms with Crippen molar-refractivity contribution in [2.24, 2.45) is 16.5 Å². The molecule has 4 amide bonds. The van der Waals surface area contributed by atoms with Gasteiger partial charge in [-0.3, -0.25) is 14.6 Å². The molecule has 206 valence electrons. The quantitative estimate of drug-likeness (QED) is 0.207. The molecule has 39 heavy (non-hydrogen) atoms. The first-order valence-corrected chi connectivity index (χ1v) is 13.6. The third kappa shape index (κ3) is 5.46. The molecule has 5 N–H and O–H groups in total. The van der Waals surface area contributed by atoms with Crippen LogP contribution in [-0.4, -0.2) is 65.3 Å². The molecule has 2 saturated heterocycles. The number of aliphatic imine (C=N–C) groups is 1. The number of halogens is 1. The number of fused-ring (bicyclic) bond motifs is 2. The molecule has 9 nitrogen and oxygen atoms in total. The van der Waals surface area contributed by atoms with Crippen LogP contribution < -0.4 is 16.8 Å². The molecule has 0 unspecified atom stereocenters. The normalized spacial score (nSPS) is 20.6. The Bertz CT molecular complexity index is 1270. The van der Waals surface area contributed by atoms with Crippen LogP contribution in [0.1, 0.15) is 48.8 Å². The Morgan fingerprint density at radius 1 is 1.08 bits per heavy atom. The standard InChI is InChI=1S/C29H35FN6O3/c30-21-9-7-19(8-10-21)18-24(36-25(37)23(34-28(36)39)6-3-15-33-27(31)32)26(38)35-16-13-29(14-17-35)12-11-20-4-1-2-5-22(20)29/h1-2,4-5,7-10,23-24H,3,6,11-18H2,(H,34,39)(H4,31,32,33)/t23-,24-/m1/s1. The average Bonchev–Trinajstić information content (AvgIpc) is 3.42. The van der Waals surface area contributed by atoms with E-state index in [9.17, 15) is 18.8 Å². The first-order chi connectivity index (χ1) is 18.8. The fourth-order valence-electron chi connectivity index (χ4n) is 6.32. The molecular weight excluding hydrogens is 499 g/mol. The summed E-state index contributed by atoms with van der Waals surface area (Å²) in [5, 5.41) is 2.72. The van der Waals surface area contributed by atoms with Crippen molar-refractivity contribution < 1.29 is 18.8 Å². The molecule has 2 atom stereocenters. The Balaban J connectivity index is 1.33. The highest BCUT2D eigenvalue weighted by atomic mass is 19.1. The van der Waals surface area contributed by atoms with Crippen molar-refractivity contribution in [2.45, 2.75) is 62.4 Å². The van der Waals surface area contributed by atoms with Gasteiger partial charge in [-0.15, -0.1) is 0 Å². The maximum atomic E-state index is 14.0. The van der Waals surface area contributed by atoms with Crippen LogP contribution in [0.5, 0.6) is 0 Å². The van der Waals surface area contributed by atoms with Gasteiger partial charge in [-0.1, -0.05) is 36.4 Å². The van der Waals surface area contributed by atoms with Crippen LogP contribution in [0, 0.1) is 5.82 Å². The van der Waals surface area contributed by atoms with E-state index in [0.717, 1.165) is 30.6 Å². The first-order valence-electron chi connectivity index (χ1n) is 13.6. The smallest absolute Gasteiger partial charge is 0.325 e. The van der Waals surface area contributed by atoms with E-state index in [-0.39, 0.29) is 23.7 Å². The number of rotatable bonds is 8. The molecule has 2 heterocycles. The Morgan fingerprint density at radius 3 is 2.51 bits per heavy atom. The number of hydrogen-bond donors (Lipinski definition) is 3. The van der Waals surface area contributed by atoms with Crippen molar-refractivity contribution >= 4 is 23.8 Å². The maximum Gasteiger partial charge on any atom is 0.325 e. The highest BCUT2D eigenvalue weighted by Gasteiger charge is 2.47. The minimum absolute atomic E-state index is 0.0345. The Morgan fingerprint density at radius 2 is 1.79 bits per heavy atom. The molecule has 1 spiro atoms. The molecule has 2 aromatic carbocycles. The first kappa shape index (κ1) is 26.6. The van der Waals surface area contributed by atoms with Crippen molar-refractivity contribution in [3.63, 3.8) is 0 Å². The number of aryl methyl sites for hydroxylation is 1. The van der Waals surface area contributed by atoms with Gasteiger partial charge in [-0.25, -0.2) is 14.1 Å². The molecule has 0 aromatic heterocycles. The van der Waals surface area contributed by atoms with Crippen molar-refractivity contribution in [1.29, 1.82) is 0 Å². The number of piperidine rings is 1. The number of amides is 4. The van der Waals surface area contributed by atoms with E-state index in [4.69, 9.17) is 11.5 Å². The Labute approximate surface area is 227 Å². The van der Waals surface area contributed by atoms with E-state index in [1.807, 2.05) is 0 Å². The molecular formula is C29H35FN6O3. The molecule has 0 bridgehead atoms. The van der Waals surface area contributed by atoms with Crippen LogP contribution in [0.15, 0.2) is 53.5 Å². The number of guanidine groups is 1. The summed E-state index contributed by atoms with van der Waals surface area (Å²) in [6.45, 7) is 1.44. The maximum absolute atomic E-state index is 14.0. The van der Waals surface area contributed by atoms with Gasteiger partial charge in [0.1, 0.15) is 17.9 Å². The zero-order chi connectivity index (χ0) is 27.6. The third-order valence-corrected chi connectivity index (χ3v) is 8.43. The summed E-state index contributed by atoms with van der Waals surface area (Å²) in [6, 6.07) is 12.0. The van der Waals surface area contributed by atoms with Gasteiger partial charge in [-0.05, 0) is 72.8 Å². The molecule has 3 aliphatic rings. The Kier molecular flexibility index (Phi) is 7.54. The van der Waals surface area contributed by atoms with Crippen LogP contribution in [0.3, 0.4) is 0 Å². The second-order valence-electron chi connectivity index (χ2n) is 10.8. The van der Waals surface area contributed by atoms with Gasteiger partial charge in [0.2, 0.25) is 5.91 Å². The summed E-state index contributed by atoms with van der Waals surface area (Å²) in [4.78, 5) is 47.2. The number of likely N-dealkylation sites (tertiary alicyclic amines) is 1. The molecule has 0 radical (unpaired) electrons. The summed E-state index contributed by atoms with van der Waals surface area (Å²) in [5.74, 6) is -1.13. The zero-order valence-corrected chi connectivity index (χ0v) is 21.9. The van der Waals surface area contributed by atoms with E-state index in [0.29, 0.717) is 38.0 Å². The fraction of sp³-hybridized carbons (Fsp3) is 0.448. The lowest BCUT2D eigenvalue weighted by atomic mass is 9.73. The Hall–Kier alpha value is -3.95. The molecule has 2 fully saturated rings. The van der Waals surface area contributed by atoms with E-state index >= 15 is 0 Å².